The molecule has 0 heterocycles. The monoisotopic (exact) mass is 328 g/mol. The van der Waals surface area contributed by atoms with Crippen LogP contribution in [0.25, 0.3) is 0 Å². The van der Waals surface area contributed by atoms with Gasteiger partial charge in [-0.05, 0) is 54.7 Å². The Hall–Kier alpha value is -2.20. The second kappa shape index (κ2) is 8.06. The van der Waals surface area contributed by atoms with Gasteiger partial charge in [0.05, 0.1) is 6.54 Å². The minimum Gasteiger partial charge on any atom is -0.325 e. The Bertz CT molecular complexity index is 695. The van der Waals surface area contributed by atoms with E-state index in [0.29, 0.717) is 0 Å². The van der Waals surface area contributed by atoms with E-state index in [2.05, 4.69) is 24.5 Å². The molecule has 1 amide bonds. The van der Waals surface area contributed by atoms with Gasteiger partial charge in [0.25, 0.3) is 0 Å². The first-order chi connectivity index (χ1) is 11.4. The van der Waals surface area contributed by atoms with E-state index in [0.717, 1.165) is 22.4 Å². The van der Waals surface area contributed by atoms with Crippen molar-refractivity contribution in [2.24, 2.45) is 5.92 Å². The van der Waals surface area contributed by atoms with Gasteiger partial charge in [-0.2, -0.15) is 0 Å². The maximum Gasteiger partial charge on any atom is 0.238 e. The van der Waals surface area contributed by atoms with E-state index in [1.807, 2.05) is 32.0 Å². The fourth-order valence-electron chi connectivity index (χ4n) is 2.68. The van der Waals surface area contributed by atoms with Gasteiger partial charge < -0.3 is 10.6 Å². The molecule has 128 valence electrons. The lowest BCUT2D eigenvalue weighted by Crippen LogP contribution is -2.33. The quantitative estimate of drug-likeness (QED) is 0.827. The first-order valence-electron chi connectivity index (χ1n) is 8.22. The summed E-state index contributed by atoms with van der Waals surface area (Å²) in [6.07, 6.45) is 0. The maximum atomic E-state index is 13.1. The van der Waals surface area contributed by atoms with E-state index >= 15 is 0 Å². The molecule has 0 aromatic heterocycles. The standard InChI is InChI=1S/C20H25FN2O/c1-13(2)20(16-7-9-17(21)10-8-16)22-12-19(24)23-18-11-14(3)5-6-15(18)4/h5-11,13,20,22H,12H2,1-4H3,(H,23,24)/t20-/m1/s1. The number of amides is 1. The van der Waals surface area contributed by atoms with E-state index < -0.39 is 0 Å². The Morgan fingerprint density at radius 3 is 2.38 bits per heavy atom. The van der Waals surface area contributed by atoms with Crippen LogP contribution in [0.2, 0.25) is 0 Å². The fourth-order valence-corrected chi connectivity index (χ4v) is 2.68. The lowest BCUT2D eigenvalue weighted by Gasteiger charge is -2.23. The molecule has 0 saturated heterocycles. The molecule has 3 nitrogen and oxygen atoms in total. The summed E-state index contributed by atoms with van der Waals surface area (Å²) in [5.74, 6) is -0.0608. The zero-order valence-corrected chi connectivity index (χ0v) is 14.7. The highest BCUT2D eigenvalue weighted by Crippen LogP contribution is 2.22. The Labute approximate surface area is 143 Å². The minimum absolute atomic E-state index is 0.00467. The first kappa shape index (κ1) is 18.1. The number of rotatable bonds is 6. The number of aryl methyl sites for hydroxylation is 2. The molecule has 0 unspecified atom stereocenters. The van der Waals surface area contributed by atoms with Gasteiger partial charge in [-0.15, -0.1) is 0 Å². The molecule has 4 heteroatoms. The highest BCUT2D eigenvalue weighted by Gasteiger charge is 2.17. The minimum atomic E-state index is -0.256. The predicted octanol–water partition coefficient (Wildman–Crippen LogP) is 4.37. The van der Waals surface area contributed by atoms with E-state index in [1.165, 1.54) is 12.1 Å². The molecule has 2 aromatic rings. The van der Waals surface area contributed by atoms with Gasteiger partial charge >= 0.3 is 0 Å². The summed E-state index contributed by atoms with van der Waals surface area (Å²) in [5, 5.41) is 6.22. The van der Waals surface area contributed by atoms with Crippen LogP contribution in [-0.4, -0.2) is 12.5 Å². The van der Waals surface area contributed by atoms with E-state index in [-0.39, 0.29) is 30.2 Å². The van der Waals surface area contributed by atoms with Gasteiger partial charge in [0.1, 0.15) is 5.82 Å². The molecule has 24 heavy (non-hydrogen) atoms. The first-order valence-corrected chi connectivity index (χ1v) is 8.22. The van der Waals surface area contributed by atoms with Gasteiger partial charge in [-0.3, -0.25) is 4.79 Å². The molecular weight excluding hydrogens is 303 g/mol. The number of hydrogen-bond donors (Lipinski definition) is 2. The van der Waals surface area contributed by atoms with Crippen molar-refractivity contribution in [3.63, 3.8) is 0 Å². The van der Waals surface area contributed by atoms with Crippen LogP contribution in [0.4, 0.5) is 10.1 Å². The SMILES string of the molecule is Cc1ccc(C)c(NC(=O)CN[C@@H](c2ccc(F)cc2)C(C)C)c1. The Balaban J connectivity index is 2.00. The molecule has 2 aromatic carbocycles. The van der Waals surface area contributed by atoms with Crippen molar-refractivity contribution in [2.45, 2.75) is 33.7 Å². The molecule has 0 aliphatic heterocycles. The topological polar surface area (TPSA) is 41.1 Å². The summed E-state index contributed by atoms with van der Waals surface area (Å²) in [6, 6.07) is 12.4. The second-order valence-electron chi connectivity index (χ2n) is 6.52. The lowest BCUT2D eigenvalue weighted by atomic mass is 9.96. The third-order valence-electron chi connectivity index (χ3n) is 4.05. The van der Waals surface area contributed by atoms with E-state index in [1.54, 1.807) is 12.1 Å². The second-order valence-corrected chi connectivity index (χ2v) is 6.52. The average Bonchev–Trinajstić information content (AvgIpc) is 2.52. The molecule has 0 spiro atoms. The highest BCUT2D eigenvalue weighted by atomic mass is 19.1. The zero-order valence-electron chi connectivity index (χ0n) is 14.7. The molecule has 1 atom stereocenters. The van der Waals surface area contributed by atoms with Crippen molar-refractivity contribution >= 4 is 11.6 Å². The molecular formula is C20H25FN2O. The van der Waals surface area contributed by atoms with Crippen molar-refractivity contribution in [3.05, 3.63) is 65.0 Å². The van der Waals surface area contributed by atoms with Gasteiger partial charge in [-0.1, -0.05) is 38.1 Å². The number of halogens is 1. The number of nitrogens with one attached hydrogen (secondary N) is 2. The summed E-state index contributed by atoms with van der Waals surface area (Å²) in [4.78, 5) is 12.3. The molecule has 0 fully saturated rings. The van der Waals surface area contributed by atoms with Gasteiger partial charge in [-0.25, -0.2) is 4.39 Å². The largest absolute Gasteiger partial charge is 0.325 e. The number of carbonyl (C=O) groups excluding carboxylic acids is 1. The van der Waals surface area contributed by atoms with Crippen molar-refractivity contribution in [2.75, 3.05) is 11.9 Å². The summed E-state index contributed by atoms with van der Waals surface area (Å²) in [5.41, 5.74) is 3.96. The Kier molecular flexibility index (Phi) is 6.10. The van der Waals surface area contributed by atoms with Crippen molar-refractivity contribution in [1.29, 1.82) is 0 Å². The molecule has 0 radical (unpaired) electrons. The third-order valence-corrected chi connectivity index (χ3v) is 4.05. The molecule has 2 rings (SSSR count). The summed E-state index contributed by atoms with van der Waals surface area (Å²) < 4.78 is 13.1. The molecule has 0 aliphatic rings. The van der Waals surface area contributed by atoms with Crippen LogP contribution >= 0.6 is 0 Å². The van der Waals surface area contributed by atoms with Crippen molar-refractivity contribution in [1.82, 2.24) is 5.32 Å². The predicted molar refractivity (Wildman–Crippen MR) is 96.5 cm³/mol. The van der Waals surface area contributed by atoms with Crippen molar-refractivity contribution in [3.8, 4) is 0 Å². The van der Waals surface area contributed by atoms with Crippen molar-refractivity contribution < 1.29 is 9.18 Å². The Morgan fingerprint density at radius 1 is 1.08 bits per heavy atom. The lowest BCUT2D eigenvalue weighted by molar-refractivity contribution is -0.115. The molecule has 2 N–H and O–H groups in total. The number of hydrogen-bond acceptors (Lipinski definition) is 2. The van der Waals surface area contributed by atoms with Crippen LogP contribution in [0.1, 0.15) is 36.6 Å². The molecule has 0 saturated carbocycles. The zero-order chi connectivity index (χ0) is 17.7. The van der Waals surface area contributed by atoms with E-state index in [4.69, 9.17) is 0 Å². The smallest absolute Gasteiger partial charge is 0.238 e. The van der Waals surface area contributed by atoms with Crippen LogP contribution in [0.3, 0.4) is 0 Å². The number of carbonyl (C=O) groups is 1. The van der Waals surface area contributed by atoms with Gasteiger partial charge in [0, 0.05) is 11.7 Å². The average molecular weight is 328 g/mol. The summed E-state index contributed by atoms with van der Waals surface area (Å²) >= 11 is 0. The third kappa shape index (κ3) is 4.90. The molecule has 0 bridgehead atoms. The van der Waals surface area contributed by atoms with Crippen LogP contribution in [0.5, 0.6) is 0 Å². The van der Waals surface area contributed by atoms with Gasteiger partial charge in [0.2, 0.25) is 5.91 Å². The Morgan fingerprint density at radius 2 is 1.75 bits per heavy atom. The molecule has 0 aliphatic carbocycles. The fraction of sp³-hybridized carbons (Fsp3) is 0.350. The summed E-state index contributed by atoms with van der Waals surface area (Å²) in [6.45, 7) is 8.31. The van der Waals surface area contributed by atoms with Crippen LogP contribution < -0.4 is 10.6 Å². The number of benzene rings is 2. The van der Waals surface area contributed by atoms with Crippen LogP contribution in [0.15, 0.2) is 42.5 Å². The normalized spacial score (nSPS) is 12.2. The van der Waals surface area contributed by atoms with Crippen LogP contribution in [-0.2, 0) is 4.79 Å². The highest BCUT2D eigenvalue weighted by molar-refractivity contribution is 5.93. The van der Waals surface area contributed by atoms with E-state index in [9.17, 15) is 9.18 Å². The summed E-state index contributed by atoms with van der Waals surface area (Å²) in [7, 11) is 0. The van der Waals surface area contributed by atoms with Crippen LogP contribution in [0, 0.1) is 25.6 Å². The van der Waals surface area contributed by atoms with Gasteiger partial charge in [0.15, 0.2) is 0 Å². The number of anilines is 1. The maximum absolute atomic E-state index is 13.1.